The molecule has 3 aromatic rings. The molecule has 7 rings (SSSR count). The number of halogens is 1. The third-order valence-electron chi connectivity index (χ3n) is 8.85. The summed E-state index contributed by atoms with van der Waals surface area (Å²) in [6.07, 6.45) is 7.81. The molecule has 2 aliphatic heterocycles. The number of aliphatic hydroxyl groups excluding tert-OH is 1. The van der Waals surface area contributed by atoms with Crippen molar-refractivity contribution in [1.29, 1.82) is 0 Å². The van der Waals surface area contributed by atoms with E-state index in [1.165, 1.54) is 25.3 Å². The number of fused-ring (bicyclic) bond motifs is 1. The molecule has 2 atom stereocenters. The van der Waals surface area contributed by atoms with E-state index in [9.17, 15) is 12.8 Å². The van der Waals surface area contributed by atoms with Crippen LogP contribution in [-0.4, -0.2) is 72.0 Å². The Morgan fingerprint density at radius 2 is 1.82 bits per heavy atom. The first kappa shape index (κ1) is 24.8. The van der Waals surface area contributed by atoms with Crippen molar-refractivity contribution >= 4 is 27.2 Å². The standard InChI is InChI=1S/C27H32FN7O3S/c28-22-3-4-25(29-26(22)34-15-18-13-19(18)16-34)35-17-23(30-32-35)21-2-1-20(31-39(37,38)12-11-36)14-24(21)33-9-7-27(5-6-27)8-10-33/h1-4,14,17-19,31,36H,5-13,15-16H2. The number of pyridine rings is 1. The highest BCUT2D eigenvalue weighted by Crippen LogP contribution is 2.54. The molecule has 2 aromatic heterocycles. The molecular formula is C27H32FN7O3S. The van der Waals surface area contributed by atoms with Gasteiger partial charge in [0.25, 0.3) is 0 Å². The second-order valence-electron chi connectivity index (χ2n) is 11.5. The average Bonchev–Trinajstić information content (AvgIpc) is 3.73. The van der Waals surface area contributed by atoms with Crippen LogP contribution in [-0.2, 0) is 10.0 Å². The number of aliphatic hydroxyl groups is 1. The second kappa shape index (κ2) is 9.16. The molecule has 2 saturated heterocycles. The van der Waals surface area contributed by atoms with Gasteiger partial charge in [0.15, 0.2) is 17.5 Å². The number of nitrogens with zero attached hydrogens (tertiary/aromatic N) is 6. The fourth-order valence-corrected chi connectivity index (χ4v) is 6.99. The number of piperidine rings is 2. The minimum atomic E-state index is -3.66. The number of benzene rings is 1. The number of anilines is 3. The number of rotatable bonds is 8. The molecule has 1 spiro atoms. The van der Waals surface area contributed by atoms with E-state index in [-0.39, 0.29) is 11.6 Å². The van der Waals surface area contributed by atoms with E-state index in [1.54, 1.807) is 23.0 Å². The van der Waals surface area contributed by atoms with Gasteiger partial charge in [-0.1, -0.05) is 5.21 Å². The topological polar surface area (TPSA) is 116 Å². The molecule has 2 unspecified atom stereocenters. The Hall–Kier alpha value is -3.25. The average molecular weight is 554 g/mol. The lowest BCUT2D eigenvalue weighted by molar-refractivity contribution is 0.320. The summed E-state index contributed by atoms with van der Waals surface area (Å²) in [5, 5.41) is 17.9. The number of hydrogen-bond acceptors (Lipinski definition) is 8. The number of sulfonamides is 1. The predicted octanol–water partition coefficient (Wildman–Crippen LogP) is 3.04. The lowest BCUT2D eigenvalue weighted by atomic mass is 9.93. The molecule has 12 heteroatoms. The van der Waals surface area contributed by atoms with Crippen molar-refractivity contribution in [3.63, 3.8) is 0 Å². The Morgan fingerprint density at radius 1 is 1.05 bits per heavy atom. The highest BCUT2D eigenvalue weighted by Gasteiger charge is 2.46. The van der Waals surface area contributed by atoms with E-state index >= 15 is 0 Å². The van der Waals surface area contributed by atoms with Gasteiger partial charge in [0.2, 0.25) is 10.0 Å². The van der Waals surface area contributed by atoms with E-state index in [2.05, 4.69) is 24.9 Å². The van der Waals surface area contributed by atoms with Gasteiger partial charge in [-0.05, 0) is 79.7 Å². The van der Waals surface area contributed by atoms with Crippen LogP contribution in [0.15, 0.2) is 36.5 Å². The van der Waals surface area contributed by atoms with Crippen LogP contribution < -0.4 is 14.5 Å². The fourth-order valence-electron chi connectivity index (χ4n) is 6.16. The lowest BCUT2D eigenvalue weighted by Gasteiger charge is -2.35. The number of hydrogen-bond donors (Lipinski definition) is 2. The monoisotopic (exact) mass is 553 g/mol. The predicted molar refractivity (Wildman–Crippen MR) is 146 cm³/mol. The lowest BCUT2D eigenvalue weighted by Crippen LogP contribution is -2.34. The van der Waals surface area contributed by atoms with Crippen LogP contribution in [0, 0.1) is 23.1 Å². The molecule has 1 aromatic carbocycles. The summed E-state index contributed by atoms with van der Waals surface area (Å²) in [6.45, 7) is 3.00. The number of aromatic nitrogens is 4. The highest BCUT2D eigenvalue weighted by atomic mass is 32.2. The van der Waals surface area contributed by atoms with Crippen molar-refractivity contribution in [2.75, 3.05) is 53.1 Å². The molecular weight excluding hydrogens is 521 g/mol. The van der Waals surface area contributed by atoms with E-state index in [0.717, 1.165) is 50.3 Å². The van der Waals surface area contributed by atoms with Gasteiger partial charge in [-0.3, -0.25) is 4.72 Å². The van der Waals surface area contributed by atoms with Gasteiger partial charge < -0.3 is 14.9 Å². The van der Waals surface area contributed by atoms with Crippen LogP contribution >= 0.6 is 0 Å². The second-order valence-corrected chi connectivity index (χ2v) is 13.4. The molecule has 2 aliphatic carbocycles. The fraction of sp³-hybridized carbons (Fsp3) is 0.519. The molecule has 0 amide bonds. The van der Waals surface area contributed by atoms with Gasteiger partial charge in [-0.15, -0.1) is 5.10 Å². The highest BCUT2D eigenvalue weighted by molar-refractivity contribution is 7.92. The molecule has 0 radical (unpaired) electrons. The summed E-state index contributed by atoms with van der Waals surface area (Å²) in [4.78, 5) is 8.90. The quantitative estimate of drug-likeness (QED) is 0.437. The van der Waals surface area contributed by atoms with Crippen LogP contribution in [0.4, 0.5) is 21.6 Å². The van der Waals surface area contributed by atoms with E-state index in [1.807, 2.05) is 17.0 Å². The van der Waals surface area contributed by atoms with Crippen LogP contribution in [0.2, 0.25) is 0 Å². The molecule has 0 bridgehead atoms. The maximum Gasteiger partial charge on any atom is 0.234 e. The molecule has 4 heterocycles. The van der Waals surface area contributed by atoms with E-state index in [4.69, 9.17) is 5.11 Å². The van der Waals surface area contributed by atoms with E-state index < -0.39 is 16.6 Å². The van der Waals surface area contributed by atoms with Crippen molar-refractivity contribution in [1.82, 2.24) is 20.0 Å². The summed E-state index contributed by atoms with van der Waals surface area (Å²) in [6, 6.07) is 8.42. The summed E-state index contributed by atoms with van der Waals surface area (Å²) < 4.78 is 43.4. The number of nitrogens with one attached hydrogen (secondary N) is 1. The van der Waals surface area contributed by atoms with Crippen LogP contribution in [0.3, 0.4) is 0 Å². The van der Waals surface area contributed by atoms with Crippen LogP contribution in [0.5, 0.6) is 0 Å². The molecule has 39 heavy (non-hydrogen) atoms. The SMILES string of the molecule is O=S(=O)(CCO)Nc1ccc(-c2cn(-c3ccc(F)c(N4CC5CC5C4)n3)nn2)c(N2CCC3(CC2)CC3)c1. The van der Waals surface area contributed by atoms with Crippen molar-refractivity contribution in [3.8, 4) is 17.1 Å². The Labute approximate surface area is 226 Å². The van der Waals surface area contributed by atoms with Gasteiger partial charge in [-0.25, -0.2) is 22.5 Å². The zero-order chi connectivity index (χ0) is 26.8. The molecule has 206 valence electrons. The van der Waals surface area contributed by atoms with Crippen molar-refractivity contribution in [2.24, 2.45) is 17.3 Å². The van der Waals surface area contributed by atoms with Crippen molar-refractivity contribution < 1.29 is 17.9 Å². The maximum atomic E-state index is 14.7. The van der Waals surface area contributed by atoms with Gasteiger partial charge >= 0.3 is 0 Å². The van der Waals surface area contributed by atoms with Crippen LogP contribution in [0.25, 0.3) is 17.1 Å². The van der Waals surface area contributed by atoms with Gasteiger partial charge in [0.05, 0.1) is 24.2 Å². The third kappa shape index (κ3) is 4.84. The Bertz CT molecular complexity index is 1500. The van der Waals surface area contributed by atoms with Gasteiger partial charge in [-0.2, -0.15) is 0 Å². The van der Waals surface area contributed by atoms with Crippen LogP contribution in [0.1, 0.15) is 32.1 Å². The zero-order valence-corrected chi connectivity index (χ0v) is 22.4. The Balaban J connectivity index is 1.20. The first-order chi connectivity index (χ1) is 18.8. The molecule has 2 saturated carbocycles. The van der Waals surface area contributed by atoms with Gasteiger partial charge in [0, 0.05) is 37.4 Å². The van der Waals surface area contributed by atoms with Crippen molar-refractivity contribution in [3.05, 3.63) is 42.3 Å². The Kier molecular flexibility index (Phi) is 5.81. The third-order valence-corrected chi connectivity index (χ3v) is 10.1. The normalized spacial score (nSPS) is 23.2. The largest absolute Gasteiger partial charge is 0.395 e. The summed E-state index contributed by atoms with van der Waals surface area (Å²) in [7, 11) is -3.66. The summed E-state index contributed by atoms with van der Waals surface area (Å²) >= 11 is 0. The molecule has 2 N–H and O–H groups in total. The zero-order valence-electron chi connectivity index (χ0n) is 21.6. The van der Waals surface area contributed by atoms with Crippen molar-refractivity contribution in [2.45, 2.75) is 32.1 Å². The van der Waals surface area contributed by atoms with Gasteiger partial charge in [0.1, 0.15) is 5.69 Å². The first-order valence-corrected chi connectivity index (χ1v) is 15.3. The Morgan fingerprint density at radius 3 is 2.54 bits per heavy atom. The minimum absolute atomic E-state index is 0.333. The molecule has 10 nitrogen and oxygen atoms in total. The first-order valence-electron chi connectivity index (χ1n) is 13.7. The molecule has 4 aliphatic rings. The minimum Gasteiger partial charge on any atom is -0.395 e. The maximum absolute atomic E-state index is 14.7. The summed E-state index contributed by atoms with van der Waals surface area (Å²) in [5.41, 5.74) is 3.26. The summed E-state index contributed by atoms with van der Waals surface area (Å²) in [5.74, 6) is 1.48. The molecule has 4 fully saturated rings. The smallest absolute Gasteiger partial charge is 0.234 e. The van der Waals surface area contributed by atoms with E-state index in [0.29, 0.717) is 40.3 Å².